The number of ether oxygens (including phenoxy) is 1. The van der Waals surface area contributed by atoms with Crippen molar-refractivity contribution in [3.8, 4) is 5.75 Å². The quantitative estimate of drug-likeness (QED) is 0.637. The van der Waals surface area contributed by atoms with Gasteiger partial charge in [0, 0.05) is 28.6 Å². The molecule has 1 N–H and O–H groups in total. The number of sulfone groups is 1. The number of carbonyl (C=O) groups excluding carboxylic acids is 1. The Morgan fingerprint density at radius 3 is 2.52 bits per heavy atom. The predicted molar refractivity (Wildman–Crippen MR) is 122 cm³/mol. The molecule has 2 aromatic carbocycles. The zero-order chi connectivity index (χ0) is 24.0. The maximum Gasteiger partial charge on any atom is 0.265 e. The normalized spacial score (nSPS) is 18.9. The number of alkyl halides is 2. The van der Waals surface area contributed by atoms with E-state index < -0.39 is 32.1 Å². The van der Waals surface area contributed by atoms with Gasteiger partial charge in [0.1, 0.15) is 12.4 Å². The van der Waals surface area contributed by atoms with Crippen LogP contribution in [0.5, 0.6) is 5.75 Å². The molecule has 10 heteroatoms. The summed E-state index contributed by atoms with van der Waals surface area (Å²) >= 11 is 6.17. The van der Waals surface area contributed by atoms with Gasteiger partial charge in [-0.15, -0.1) is 0 Å². The molecular formula is C23H25ClF2N2O4S. The van der Waals surface area contributed by atoms with E-state index in [4.69, 9.17) is 16.3 Å². The Kier molecular flexibility index (Phi) is 6.41. The molecule has 0 saturated carbocycles. The SMILES string of the molecule is C[C@@H](COc1ccc(S(C)(=O)=O)c(C(F)F)c1)N1CCC2(CC1)C(=O)Nc1ccc(Cl)cc12. The van der Waals surface area contributed by atoms with Crippen molar-refractivity contribution in [3.63, 3.8) is 0 Å². The summed E-state index contributed by atoms with van der Waals surface area (Å²) in [5.41, 5.74) is 0.591. The summed E-state index contributed by atoms with van der Waals surface area (Å²) in [6.45, 7) is 3.54. The molecule has 1 fully saturated rings. The van der Waals surface area contributed by atoms with Crippen LogP contribution in [0, 0.1) is 0 Å². The second kappa shape index (κ2) is 8.85. The van der Waals surface area contributed by atoms with Crippen molar-refractivity contribution < 1.29 is 26.7 Å². The minimum atomic E-state index is -3.77. The molecular weight excluding hydrogens is 474 g/mol. The number of amides is 1. The predicted octanol–water partition coefficient (Wildman–Crippen LogP) is 4.43. The Morgan fingerprint density at radius 2 is 1.88 bits per heavy atom. The first-order valence-electron chi connectivity index (χ1n) is 10.6. The second-order valence-electron chi connectivity index (χ2n) is 8.69. The summed E-state index contributed by atoms with van der Waals surface area (Å²) in [6, 6.07) is 9.05. The third-order valence-corrected chi connectivity index (χ3v) is 7.97. The number of hydrogen-bond acceptors (Lipinski definition) is 5. The molecule has 0 radical (unpaired) electrons. The van der Waals surface area contributed by atoms with Crippen molar-refractivity contribution in [1.82, 2.24) is 4.90 Å². The molecule has 178 valence electrons. The number of carbonyl (C=O) groups is 1. The number of halogens is 3. The Hall–Kier alpha value is -2.23. The number of hydrogen-bond donors (Lipinski definition) is 1. The van der Waals surface area contributed by atoms with Crippen LogP contribution in [0.1, 0.15) is 37.3 Å². The number of rotatable bonds is 6. The second-order valence-corrected chi connectivity index (χ2v) is 11.1. The molecule has 33 heavy (non-hydrogen) atoms. The van der Waals surface area contributed by atoms with Crippen molar-refractivity contribution >= 4 is 33.0 Å². The van der Waals surface area contributed by atoms with Crippen LogP contribution >= 0.6 is 11.6 Å². The number of piperidine rings is 1. The molecule has 2 aliphatic heterocycles. The zero-order valence-electron chi connectivity index (χ0n) is 18.3. The van der Waals surface area contributed by atoms with Crippen LogP contribution in [0.15, 0.2) is 41.3 Å². The van der Waals surface area contributed by atoms with Crippen LogP contribution < -0.4 is 10.1 Å². The van der Waals surface area contributed by atoms with Gasteiger partial charge in [-0.05, 0) is 74.8 Å². The van der Waals surface area contributed by atoms with Crippen molar-refractivity contribution in [2.45, 2.75) is 42.5 Å². The van der Waals surface area contributed by atoms with Crippen molar-refractivity contribution in [2.24, 2.45) is 0 Å². The van der Waals surface area contributed by atoms with Gasteiger partial charge in [-0.2, -0.15) is 0 Å². The van der Waals surface area contributed by atoms with E-state index in [2.05, 4.69) is 10.2 Å². The summed E-state index contributed by atoms with van der Waals surface area (Å²) in [5, 5.41) is 3.56. The van der Waals surface area contributed by atoms with E-state index in [1.54, 1.807) is 6.07 Å². The molecule has 1 atom stereocenters. The summed E-state index contributed by atoms with van der Waals surface area (Å²) < 4.78 is 56.0. The average Bonchev–Trinajstić information content (AvgIpc) is 3.02. The van der Waals surface area contributed by atoms with Gasteiger partial charge in [0.25, 0.3) is 6.43 Å². The maximum atomic E-state index is 13.4. The number of nitrogens with one attached hydrogen (secondary N) is 1. The fraction of sp³-hybridized carbons (Fsp3) is 0.435. The third-order valence-electron chi connectivity index (χ3n) is 6.56. The summed E-state index contributed by atoms with van der Waals surface area (Å²) in [6.07, 6.45) is -0.760. The minimum absolute atomic E-state index is 0.00573. The fourth-order valence-corrected chi connectivity index (χ4v) is 5.74. The fourth-order valence-electron chi connectivity index (χ4n) is 4.68. The first-order chi connectivity index (χ1) is 15.5. The zero-order valence-corrected chi connectivity index (χ0v) is 19.8. The van der Waals surface area contributed by atoms with E-state index >= 15 is 0 Å². The number of anilines is 1. The maximum absolute atomic E-state index is 13.4. The Morgan fingerprint density at radius 1 is 1.18 bits per heavy atom. The lowest BCUT2D eigenvalue weighted by Crippen LogP contribution is -2.50. The topological polar surface area (TPSA) is 75.7 Å². The summed E-state index contributed by atoms with van der Waals surface area (Å²) in [5.74, 6) is 0.186. The van der Waals surface area contributed by atoms with Gasteiger partial charge < -0.3 is 10.1 Å². The van der Waals surface area contributed by atoms with Crippen LogP contribution in [0.3, 0.4) is 0 Å². The van der Waals surface area contributed by atoms with Gasteiger partial charge in [-0.25, -0.2) is 17.2 Å². The van der Waals surface area contributed by atoms with Gasteiger partial charge in [-0.3, -0.25) is 9.69 Å². The molecule has 0 bridgehead atoms. The number of fused-ring (bicyclic) bond motifs is 2. The molecule has 2 heterocycles. The molecule has 1 saturated heterocycles. The summed E-state index contributed by atoms with van der Waals surface area (Å²) in [7, 11) is -3.77. The lowest BCUT2D eigenvalue weighted by atomic mass is 9.73. The number of likely N-dealkylation sites (tertiary alicyclic amines) is 1. The molecule has 6 nitrogen and oxygen atoms in total. The van der Waals surface area contributed by atoms with Crippen molar-refractivity contribution in [2.75, 3.05) is 31.3 Å². The van der Waals surface area contributed by atoms with E-state index in [1.807, 2.05) is 19.1 Å². The van der Waals surface area contributed by atoms with Crippen molar-refractivity contribution in [3.05, 3.63) is 52.5 Å². The standard InChI is InChI=1S/C23H25ClF2N2O4S/c1-14(13-32-16-4-6-20(33(2,30)31)17(12-16)21(25)26)28-9-7-23(8-10-28)18-11-15(24)3-5-19(18)27-22(23)29/h3-6,11-12,14,21H,7-10,13H2,1-2H3,(H,27,29)/t14-/m0/s1. The van der Waals surface area contributed by atoms with Crippen LogP contribution in [-0.4, -0.2) is 51.2 Å². The third kappa shape index (κ3) is 4.58. The van der Waals surface area contributed by atoms with Gasteiger partial charge in [0.15, 0.2) is 9.84 Å². The lowest BCUT2D eigenvalue weighted by molar-refractivity contribution is -0.122. The number of nitrogens with zero attached hydrogens (tertiary/aromatic N) is 1. The van der Waals surface area contributed by atoms with Gasteiger partial charge in [-0.1, -0.05) is 11.6 Å². The largest absolute Gasteiger partial charge is 0.492 e. The Bertz CT molecular complexity index is 1180. The summed E-state index contributed by atoms with van der Waals surface area (Å²) in [4.78, 5) is 14.6. The van der Waals surface area contributed by atoms with E-state index in [-0.39, 0.29) is 24.3 Å². The van der Waals surface area contributed by atoms with E-state index in [9.17, 15) is 22.0 Å². The highest BCUT2D eigenvalue weighted by atomic mass is 35.5. The van der Waals surface area contributed by atoms with Gasteiger partial charge >= 0.3 is 0 Å². The molecule has 0 unspecified atom stereocenters. The van der Waals surface area contributed by atoms with Crippen LogP contribution in [0.2, 0.25) is 5.02 Å². The van der Waals surface area contributed by atoms with E-state index in [0.717, 1.165) is 29.6 Å². The first kappa shape index (κ1) is 23.9. The highest BCUT2D eigenvalue weighted by Crippen LogP contribution is 2.46. The van der Waals surface area contributed by atoms with Crippen LogP contribution in [0.25, 0.3) is 0 Å². The van der Waals surface area contributed by atoms with E-state index in [1.165, 1.54) is 6.07 Å². The minimum Gasteiger partial charge on any atom is -0.492 e. The molecule has 0 aliphatic carbocycles. The molecule has 2 aliphatic rings. The molecule has 1 amide bonds. The van der Waals surface area contributed by atoms with E-state index in [0.29, 0.717) is 31.0 Å². The Balaban J connectivity index is 1.41. The highest BCUT2D eigenvalue weighted by molar-refractivity contribution is 7.90. The first-order valence-corrected chi connectivity index (χ1v) is 12.9. The van der Waals surface area contributed by atoms with Crippen LogP contribution in [0.4, 0.5) is 14.5 Å². The average molecular weight is 499 g/mol. The Labute approximate surface area is 196 Å². The van der Waals surface area contributed by atoms with Crippen molar-refractivity contribution in [1.29, 1.82) is 0 Å². The number of benzene rings is 2. The van der Waals surface area contributed by atoms with Gasteiger partial charge in [0.2, 0.25) is 5.91 Å². The molecule has 2 aromatic rings. The van der Waals surface area contributed by atoms with Gasteiger partial charge in [0.05, 0.1) is 10.3 Å². The molecule has 1 spiro atoms. The smallest absolute Gasteiger partial charge is 0.265 e. The lowest BCUT2D eigenvalue weighted by Gasteiger charge is -2.40. The molecule has 0 aromatic heterocycles. The molecule has 4 rings (SSSR count). The monoisotopic (exact) mass is 498 g/mol. The van der Waals surface area contributed by atoms with Crippen LogP contribution in [-0.2, 0) is 20.0 Å². The highest BCUT2D eigenvalue weighted by Gasteiger charge is 2.48.